The van der Waals surface area contributed by atoms with Crippen LogP contribution in [-0.2, 0) is 0 Å². The van der Waals surface area contributed by atoms with Gasteiger partial charge in [-0.3, -0.25) is 5.01 Å². The maximum atomic E-state index is 9.77. The minimum Gasteiger partial charge on any atom is -0.326 e. The molecule has 1 aliphatic heterocycles. The highest BCUT2D eigenvalue weighted by atomic mass is 16.3. The van der Waals surface area contributed by atoms with Crippen molar-refractivity contribution in [3.8, 4) is 0 Å². The van der Waals surface area contributed by atoms with Crippen molar-refractivity contribution >= 4 is 0 Å². The van der Waals surface area contributed by atoms with Gasteiger partial charge in [0.05, 0.1) is 11.8 Å². The summed E-state index contributed by atoms with van der Waals surface area (Å²) in [6.45, 7) is 1.36. The van der Waals surface area contributed by atoms with E-state index in [4.69, 9.17) is 5.73 Å². The van der Waals surface area contributed by atoms with Gasteiger partial charge in [-0.1, -0.05) is 0 Å². The smallest absolute Gasteiger partial charge is 0.0544 e. The highest BCUT2D eigenvalue weighted by Gasteiger charge is 2.17. The maximum Gasteiger partial charge on any atom is 0.0544 e. The summed E-state index contributed by atoms with van der Waals surface area (Å²) in [6, 6.07) is 0.160. The second-order valence-corrected chi connectivity index (χ2v) is 2.04. The summed E-state index contributed by atoms with van der Waals surface area (Å²) in [5.74, 6) is 0. The van der Waals surface area contributed by atoms with Crippen LogP contribution < -0.4 is 5.73 Å². The van der Waals surface area contributed by atoms with Crippen LogP contribution in [0.3, 0.4) is 0 Å². The molecule has 0 aromatic carbocycles. The molecular formula is C4H9N3O. The Morgan fingerprint density at radius 1 is 1.75 bits per heavy atom. The van der Waals surface area contributed by atoms with Gasteiger partial charge in [-0.15, -0.1) is 4.91 Å². The number of hydrogen-bond donors (Lipinski definition) is 1. The maximum absolute atomic E-state index is 9.77. The summed E-state index contributed by atoms with van der Waals surface area (Å²) in [7, 11) is 0. The molecule has 1 saturated heterocycles. The van der Waals surface area contributed by atoms with Crippen LogP contribution in [0, 0.1) is 4.91 Å². The monoisotopic (exact) mass is 115 g/mol. The van der Waals surface area contributed by atoms with Crippen LogP contribution in [0.25, 0.3) is 0 Å². The number of nitrogens with two attached hydrogens (primary N) is 1. The van der Waals surface area contributed by atoms with Gasteiger partial charge < -0.3 is 5.73 Å². The largest absolute Gasteiger partial charge is 0.326 e. The highest BCUT2D eigenvalue weighted by molar-refractivity contribution is 4.74. The fourth-order valence-electron chi connectivity index (χ4n) is 0.842. The van der Waals surface area contributed by atoms with Crippen molar-refractivity contribution in [3.05, 3.63) is 4.91 Å². The van der Waals surface area contributed by atoms with E-state index in [-0.39, 0.29) is 6.04 Å². The third kappa shape index (κ3) is 0.949. The second kappa shape index (κ2) is 2.09. The zero-order chi connectivity index (χ0) is 5.98. The van der Waals surface area contributed by atoms with E-state index in [0.29, 0.717) is 6.54 Å². The molecule has 0 aromatic heterocycles. The van der Waals surface area contributed by atoms with Crippen molar-refractivity contribution < 1.29 is 0 Å². The van der Waals surface area contributed by atoms with Crippen molar-refractivity contribution in [2.24, 2.45) is 11.0 Å². The normalized spacial score (nSPS) is 28.6. The number of rotatable bonds is 1. The van der Waals surface area contributed by atoms with E-state index in [1.165, 1.54) is 5.01 Å². The van der Waals surface area contributed by atoms with Crippen molar-refractivity contribution in [2.45, 2.75) is 12.5 Å². The molecule has 0 spiro atoms. The van der Waals surface area contributed by atoms with Crippen LogP contribution in [0.2, 0.25) is 0 Å². The number of hydrogen-bond acceptors (Lipinski definition) is 3. The first-order valence-electron chi connectivity index (χ1n) is 2.66. The van der Waals surface area contributed by atoms with Gasteiger partial charge in [0.1, 0.15) is 0 Å². The van der Waals surface area contributed by atoms with Gasteiger partial charge in [0.2, 0.25) is 0 Å². The molecule has 46 valence electrons. The minimum absolute atomic E-state index is 0.160. The van der Waals surface area contributed by atoms with Crippen molar-refractivity contribution in [3.63, 3.8) is 0 Å². The second-order valence-electron chi connectivity index (χ2n) is 2.04. The van der Waals surface area contributed by atoms with E-state index in [0.717, 1.165) is 13.0 Å². The number of nitroso groups, excluding NO2 is 1. The molecule has 0 aromatic rings. The molecule has 0 aliphatic carbocycles. The average Bonchev–Trinajstić information content (AvgIpc) is 2.14. The first kappa shape index (κ1) is 5.50. The summed E-state index contributed by atoms with van der Waals surface area (Å²) in [5.41, 5.74) is 5.46. The lowest BCUT2D eigenvalue weighted by Crippen LogP contribution is -2.22. The van der Waals surface area contributed by atoms with Crippen molar-refractivity contribution in [2.75, 3.05) is 13.1 Å². The Morgan fingerprint density at radius 3 is 2.75 bits per heavy atom. The molecule has 0 radical (unpaired) electrons. The number of nitrogens with zero attached hydrogens (tertiary/aromatic N) is 2. The van der Waals surface area contributed by atoms with Crippen LogP contribution in [0.15, 0.2) is 5.29 Å². The predicted octanol–water partition coefficient (Wildman–Crippen LogP) is -0.299. The Labute approximate surface area is 47.6 Å². The zero-order valence-electron chi connectivity index (χ0n) is 4.58. The van der Waals surface area contributed by atoms with Crippen molar-refractivity contribution in [1.82, 2.24) is 5.01 Å². The average molecular weight is 115 g/mol. The Morgan fingerprint density at radius 2 is 2.50 bits per heavy atom. The Balaban J connectivity index is 2.32. The third-order valence-electron chi connectivity index (χ3n) is 1.32. The first-order chi connectivity index (χ1) is 3.83. The molecule has 4 heteroatoms. The lowest BCUT2D eigenvalue weighted by molar-refractivity contribution is 0.350. The van der Waals surface area contributed by atoms with Gasteiger partial charge in [0.25, 0.3) is 0 Å². The molecule has 1 heterocycles. The van der Waals surface area contributed by atoms with Gasteiger partial charge in [0, 0.05) is 12.6 Å². The fourth-order valence-corrected chi connectivity index (χ4v) is 0.842. The topological polar surface area (TPSA) is 58.7 Å². The van der Waals surface area contributed by atoms with Crippen LogP contribution >= 0.6 is 0 Å². The highest BCUT2D eigenvalue weighted by Crippen LogP contribution is 2.05. The molecule has 4 nitrogen and oxygen atoms in total. The van der Waals surface area contributed by atoms with E-state index in [1.807, 2.05) is 0 Å². The molecule has 0 amide bonds. The van der Waals surface area contributed by atoms with E-state index < -0.39 is 0 Å². The Kier molecular flexibility index (Phi) is 1.43. The SMILES string of the molecule is NC1CCN(N=O)C1. The van der Waals surface area contributed by atoms with Crippen LogP contribution in [0.5, 0.6) is 0 Å². The molecule has 1 atom stereocenters. The Bertz CT molecular complexity index is 95.3. The van der Waals surface area contributed by atoms with Crippen LogP contribution in [0.4, 0.5) is 0 Å². The van der Waals surface area contributed by atoms with Gasteiger partial charge in [-0.2, -0.15) is 0 Å². The van der Waals surface area contributed by atoms with E-state index >= 15 is 0 Å². The summed E-state index contributed by atoms with van der Waals surface area (Å²) < 4.78 is 0. The fraction of sp³-hybridized carbons (Fsp3) is 1.00. The van der Waals surface area contributed by atoms with Gasteiger partial charge in [0.15, 0.2) is 0 Å². The molecule has 1 fully saturated rings. The summed E-state index contributed by atoms with van der Waals surface area (Å²) in [4.78, 5) is 9.77. The lowest BCUT2D eigenvalue weighted by atomic mass is 10.3. The molecule has 2 N–H and O–H groups in total. The van der Waals surface area contributed by atoms with Gasteiger partial charge in [-0.05, 0) is 6.42 Å². The first-order valence-corrected chi connectivity index (χ1v) is 2.66. The molecular weight excluding hydrogens is 106 g/mol. The molecule has 1 unspecified atom stereocenters. The van der Waals surface area contributed by atoms with E-state index in [2.05, 4.69) is 5.29 Å². The summed E-state index contributed by atoms with van der Waals surface area (Å²) >= 11 is 0. The van der Waals surface area contributed by atoms with Gasteiger partial charge >= 0.3 is 0 Å². The summed E-state index contributed by atoms with van der Waals surface area (Å²) in [5, 5.41) is 4.19. The van der Waals surface area contributed by atoms with E-state index in [9.17, 15) is 4.91 Å². The van der Waals surface area contributed by atoms with Gasteiger partial charge in [-0.25, -0.2) is 0 Å². The van der Waals surface area contributed by atoms with E-state index in [1.54, 1.807) is 0 Å². The zero-order valence-corrected chi connectivity index (χ0v) is 4.58. The quantitative estimate of drug-likeness (QED) is 0.477. The predicted molar refractivity (Wildman–Crippen MR) is 30.0 cm³/mol. The molecule has 8 heavy (non-hydrogen) atoms. The molecule has 0 saturated carbocycles. The van der Waals surface area contributed by atoms with Crippen LogP contribution in [-0.4, -0.2) is 24.1 Å². The minimum atomic E-state index is 0.160. The van der Waals surface area contributed by atoms with Crippen LogP contribution in [0.1, 0.15) is 6.42 Å². The molecule has 1 rings (SSSR count). The molecule has 1 aliphatic rings. The lowest BCUT2D eigenvalue weighted by Gasteiger charge is -2.02. The summed E-state index contributed by atoms with van der Waals surface area (Å²) in [6.07, 6.45) is 0.895. The van der Waals surface area contributed by atoms with Crippen molar-refractivity contribution in [1.29, 1.82) is 0 Å². The standard InChI is InChI=1S/C4H9N3O/c5-4-1-2-7(3-4)6-8/h4H,1-3,5H2. The molecule has 0 bridgehead atoms. The third-order valence-corrected chi connectivity index (χ3v) is 1.32. The Hall–Kier alpha value is -0.640.